The first-order valence-corrected chi connectivity index (χ1v) is 12.2. The van der Waals surface area contributed by atoms with E-state index in [0.29, 0.717) is 0 Å². The molecule has 0 unspecified atom stereocenters. The Kier molecular flexibility index (Phi) is 9.12. The van der Waals surface area contributed by atoms with Crippen LogP contribution in [0.2, 0.25) is 12.1 Å². The van der Waals surface area contributed by atoms with Crippen molar-refractivity contribution in [2.75, 3.05) is 52.5 Å². The second-order valence-corrected chi connectivity index (χ2v) is 10.5. The molecule has 0 aromatic rings. The SMILES string of the molecule is CCO[Si](CCCN1CCCC1)(CCCN1CCCC1)OCC. The van der Waals surface area contributed by atoms with Gasteiger partial charge >= 0.3 is 8.56 Å². The van der Waals surface area contributed by atoms with Gasteiger partial charge in [-0.25, -0.2) is 0 Å². The van der Waals surface area contributed by atoms with Gasteiger partial charge in [0.2, 0.25) is 0 Å². The van der Waals surface area contributed by atoms with Gasteiger partial charge in [0.05, 0.1) is 0 Å². The van der Waals surface area contributed by atoms with Gasteiger partial charge in [-0.15, -0.1) is 0 Å². The van der Waals surface area contributed by atoms with Gasteiger partial charge in [0, 0.05) is 13.2 Å². The van der Waals surface area contributed by atoms with Crippen molar-refractivity contribution < 1.29 is 8.85 Å². The average Bonchev–Trinajstić information content (AvgIpc) is 3.21. The molecule has 23 heavy (non-hydrogen) atoms. The normalized spacial score (nSPS) is 20.6. The van der Waals surface area contributed by atoms with E-state index >= 15 is 0 Å². The quantitative estimate of drug-likeness (QED) is 0.507. The predicted molar refractivity (Wildman–Crippen MR) is 99.2 cm³/mol. The molecule has 0 aromatic heterocycles. The van der Waals surface area contributed by atoms with Crippen LogP contribution < -0.4 is 0 Å². The van der Waals surface area contributed by atoms with E-state index in [1.165, 1.54) is 89.9 Å². The third kappa shape index (κ3) is 6.82. The molecule has 2 heterocycles. The van der Waals surface area contributed by atoms with Crippen LogP contribution in [0.5, 0.6) is 0 Å². The Labute approximate surface area is 144 Å². The molecule has 0 radical (unpaired) electrons. The molecule has 2 rings (SSSR count). The van der Waals surface area contributed by atoms with Crippen LogP contribution in [-0.2, 0) is 8.85 Å². The van der Waals surface area contributed by atoms with Crippen molar-refractivity contribution in [2.45, 2.75) is 64.5 Å². The van der Waals surface area contributed by atoms with Gasteiger partial charge in [-0.3, -0.25) is 0 Å². The van der Waals surface area contributed by atoms with Crippen molar-refractivity contribution in [3.63, 3.8) is 0 Å². The molecular formula is C18H38N2O2Si. The fourth-order valence-corrected chi connectivity index (χ4v) is 7.49. The van der Waals surface area contributed by atoms with Crippen LogP contribution in [0.3, 0.4) is 0 Å². The van der Waals surface area contributed by atoms with Crippen molar-refractivity contribution >= 4 is 8.56 Å². The zero-order valence-electron chi connectivity index (χ0n) is 15.5. The van der Waals surface area contributed by atoms with Gasteiger partial charge in [-0.1, -0.05) is 0 Å². The standard InChI is InChI=1S/C18H38N2O2Si/c1-3-21-23(22-4-2,17-9-15-19-11-5-6-12-19)18-10-16-20-13-7-8-14-20/h3-18H2,1-2H3. The molecule has 0 amide bonds. The summed E-state index contributed by atoms with van der Waals surface area (Å²) >= 11 is 0. The fraction of sp³-hybridized carbons (Fsp3) is 1.00. The summed E-state index contributed by atoms with van der Waals surface area (Å²) in [6.45, 7) is 13.5. The summed E-state index contributed by atoms with van der Waals surface area (Å²) < 4.78 is 12.6. The zero-order chi connectivity index (χ0) is 16.4. The van der Waals surface area contributed by atoms with Crippen molar-refractivity contribution in [3.05, 3.63) is 0 Å². The number of hydrogen-bond donors (Lipinski definition) is 0. The lowest BCUT2D eigenvalue weighted by atomic mass is 10.4. The van der Waals surface area contributed by atoms with Crippen LogP contribution >= 0.6 is 0 Å². The Morgan fingerprint density at radius 2 is 1.09 bits per heavy atom. The van der Waals surface area contributed by atoms with E-state index in [9.17, 15) is 0 Å². The highest BCUT2D eigenvalue weighted by Crippen LogP contribution is 2.24. The molecule has 0 aliphatic carbocycles. The summed E-state index contributed by atoms with van der Waals surface area (Å²) in [4.78, 5) is 5.22. The minimum Gasteiger partial charge on any atom is -0.394 e. The van der Waals surface area contributed by atoms with Gasteiger partial charge in [0.1, 0.15) is 0 Å². The molecular weight excluding hydrogens is 304 g/mol. The van der Waals surface area contributed by atoms with Crippen molar-refractivity contribution in [3.8, 4) is 0 Å². The lowest BCUT2D eigenvalue weighted by Gasteiger charge is -2.31. The van der Waals surface area contributed by atoms with Gasteiger partial charge in [0.25, 0.3) is 0 Å². The second-order valence-electron chi connectivity index (χ2n) is 7.08. The first-order valence-electron chi connectivity index (χ1n) is 10.0. The molecule has 0 aromatic carbocycles. The fourth-order valence-electron chi connectivity index (χ4n) is 4.14. The van der Waals surface area contributed by atoms with Crippen LogP contribution in [-0.4, -0.2) is 70.8 Å². The number of rotatable bonds is 12. The maximum atomic E-state index is 6.28. The minimum absolute atomic E-state index is 0.805. The largest absolute Gasteiger partial charge is 0.394 e. The van der Waals surface area contributed by atoms with Crippen LogP contribution in [0.4, 0.5) is 0 Å². The summed E-state index contributed by atoms with van der Waals surface area (Å²) in [5.41, 5.74) is 0. The predicted octanol–water partition coefficient (Wildman–Crippen LogP) is 3.47. The maximum absolute atomic E-state index is 6.28. The number of nitrogens with zero attached hydrogens (tertiary/aromatic N) is 2. The molecule has 136 valence electrons. The molecule has 0 saturated carbocycles. The van der Waals surface area contributed by atoms with Crippen LogP contribution in [0.25, 0.3) is 0 Å². The smallest absolute Gasteiger partial charge is 0.338 e. The average molecular weight is 343 g/mol. The molecule has 2 fully saturated rings. The third-order valence-electron chi connectivity index (χ3n) is 5.28. The summed E-state index contributed by atoms with van der Waals surface area (Å²) in [7, 11) is -1.99. The highest BCUT2D eigenvalue weighted by atomic mass is 28.4. The topological polar surface area (TPSA) is 24.9 Å². The molecule has 0 spiro atoms. The lowest BCUT2D eigenvalue weighted by molar-refractivity contribution is 0.177. The molecule has 0 atom stereocenters. The van der Waals surface area contributed by atoms with E-state index in [-0.39, 0.29) is 0 Å². The molecule has 4 nitrogen and oxygen atoms in total. The van der Waals surface area contributed by atoms with E-state index < -0.39 is 8.56 Å². The lowest BCUT2D eigenvalue weighted by Crippen LogP contribution is -2.43. The molecule has 0 N–H and O–H groups in total. The zero-order valence-corrected chi connectivity index (χ0v) is 16.5. The van der Waals surface area contributed by atoms with Gasteiger partial charge in [0.15, 0.2) is 0 Å². The Hall–Kier alpha value is 0.0569. The Bertz CT molecular complexity index is 275. The summed E-state index contributed by atoms with van der Waals surface area (Å²) in [5, 5.41) is 0. The molecule has 0 bridgehead atoms. The van der Waals surface area contributed by atoms with Crippen molar-refractivity contribution in [1.29, 1.82) is 0 Å². The van der Waals surface area contributed by atoms with E-state index in [0.717, 1.165) is 13.2 Å². The van der Waals surface area contributed by atoms with Crippen LogP contribution in [0, 0.1) is 0 Å². The summed E-state index contributed by atoms with van der Waals surface area (Å²) in [6, 6.07) is 2.34. The first kappa shape index (κ1) is 19.4. The highest BCUT2D eigenvalue weighted by molar-refractivity contribution is 6.67. The van der Waals surface area contributed by atoms with Crippen molar-refractivity contribution in [2.24, 2.45) is 0 Å². The van der Waals surface area contributed by atoms with Crippen molar-refractivity contribution in [1.82, 2.24) is 9.80 Å². The maximum Gasteiger partial charge on any atom is 0.338 e. The summed E-state index contributed by atoms with van der Waals surface area (Å²) in [5.74, 6) is 0. The molecule has 2 aliphatic rings. The second kappa shape index (κ2) is 10.8. The van der Waals surface area contributed by atoms with E-state index in [4.69, 9.17) is 8.85 Å². The van der Waals surface area contributed by atoms with E-state index in [2.05, 4.69) is 23.6 Å². The molecule has 5 heteroatoms. The Morgan fingerprint density at radius 3 is 1.43 bits per heavy atom. The third-order valence-corrected chi connectivity index (χ3v) is 9.14. The van der Waals surface area contributed by atoms with Gasteiger partial charge < -0.3 is 18.7 Å². The highest BCUT2D eigenvalue weighted by Gasteiger charge is 2.36. The minimum atomic E-state index is -1.99. The molecule has 2 saturated heterocycles. The monoisotopic (exact) mass is 342 g/mol. The first-order chi connectivity index (χ1) is 11.3. The number of likely N-dealkylation sites (tertiary alicyclic amines) is 2. The summed E-state index contributed by atoms with van der Waals surface area (Å²) in [6.07, 6.45) is 8.03. The Balaban J connectivity index is 1.76. The van der Waals surface area contributed by atoms with Gasteiger partial charge in [-0.2, -0.15) is 0 Å². The van der Waals surface area contributed by atoms with E-state index in [1.54, 1.807) is 0 Å². The number of hydrogen-bond acceptors (Lipinski definition) is 4. The van der Waals surface area contributed by atoms with Crippen LogP contribution in [0.15, 0.2) is 0 Å². The van der Waals surface area contributed by atoms with E-state index in [1.807, 2.05) is 0 Å². The van der Waals surface area contributed by atoms with Crippen LogP contribution in [0.1, 0.15) is 52.4 Å². The van der Waals surface area contributed by atoms with Gasteiger partial charge in [-0.05, 0) is 104 Å². The molecule has 2 aliphatic heterocycles. The Morgan fingerprint density at radius 1 is 0.696 bits per heavy atom.